The molecule has 0 saturated carbocycles. The molecule has 1 atom stereocenters. The Kier molecular flexibility index (Phi) is 8.03. The average Bonchev–Trinajstić information content (AvgIpc) is 2.74. The van der Waals surface area contributed by atoms with Gasteiger partial charge >= 0.3 is 0 Å². The smallest absolute Gasteiger partial charge is 0.147 e. The van der Waals surface area contributed by atoms with Crippen LogP contribution in [0, 0.1) is 0 Å². The van der Waals surface area contributed by atoms with Crippen molar-refractivity contribution in [1.82, 2.24) is 9.80 Å². The normalized spacial score (nSPS) is 16.6. The van der Waals surface area contributed by atoms with E-state index in [0.717, 1.165) is 38.3 Å². The van der Waals surface area contributed by atoms with Crippen molar-refractivity contribution in [2.45, 2.75) is 18.9 Å². The van der Waals surface area contributed by atoms with Gasteiger partial charge in [-0.15, -0.1) is 0 Å². The number of benzene rings is 2. The number of hydrogen-bond donors (Lipinski definition) is 1. The van der Waals surface area contributed by atoms with E-state index < -0.39 is 6.10 Å². The van der Waals surface area contributed by atoms with E-state index in [2.05, 4.69) is 21.9 Å². The van der Waals surface area contributed by atoms with Crippen LogP contribution in [-0.2, 0) is 11.2 Å². The summed E-state index contributed by atoms with van der Waals surface area (Å²) in [4.78, 5) is 16.7. The Bertz CT molecular complexity index is 700. The molecule has 0 radical (unpaired) electrons. The molecule has 0 spiro atoms. The number of aryl methyl sites for hydroxylation is 1. The zero-order chi connectivity index (χ0) is 19.6. The fourth-order valence-corrected chi connectivity index (χ4v) is 3.45. The lowest BCUT2D eigenvalue weighted by Crippen LogP contribution is -2.50. The van der Waals surface area contributed by atoms with Gasteiger partial charge in [-0.2, -0.15) is 0 Å². The summed E-state index contributed by atoms with van der Waals surface area (Å²) in [5, 5.41) is 10.2. The third-order valence-corrected chi connectivity index (χ3v) is 5.05. The number of ether oxygens (including phenoxy) is 1. The molecule has 5 heteroatoms. The molecule has 1 saturated heterocycles. The first-order valence-corrected chi connectivity index (χ1v) is 10.1. The Morgan fingerprint density at radius 2 is 1.54 bits per heavy atom. The van der Waals surface area contributed by atoms with Crippen molar-refractivity contribution >= 4 is 5.78 Å². The summed E-state index contributed by atoms with van der Waals surface area (Å²) in [5.41, 5.74) is 1.22. The van der Waals surface area contributed by atoms with E-state index in [1.54, 1.807) is 0 Å². The second-order valence-electron chi connectivity index (χ2n) is 7.38. The third kappa shape index (κ3) is 7.08. The fraction of sp³-hybridized carbons (Fsp3) is 0.435. The highest BCUT2D eigenvalue weighted by Crippen LogP contribution is 2.10. The SMILES string of the molecule is O=C(CCc1ccccc1)CN1CCN(C[C@@H](O)COc2ccccc2)CC1. The lowest BCUT2D eigenvalue weighted by molar-refractivity contribution is -0.120. The lowest BCUT2D eigenvalue weighted by Gasteiger charge is -2.35. The maximum atomic E-state index is 12.3. The molecule has 0 aliphatic carbocycles. The number of piperazine rings is 1. The number of carbonyl (C=O) groups excluding carboxylic acids is 1. The van der Waals surface area contributed by atoms with Gasteiger partial charge in [-0.05, 0) is 24.1 Å². The van der Waals surface area contributed by atoms with Crippen LogP contribution in [0.3, 0.4) is 0 Å². The van der Waals surface area contributed by atoms with E-state index in [-0.39, 0.29) is 0 Å². The van der Waals surface area contributed by atoms with E-state index in [4.69, 9.17) is 4.74 Å². The molecule has 0 unspecified atom stereocenters. The van der Waals surface area contributed by atoms with Gasteiger partial charge in [-0.25, -0.2) is 0 Å². The van der Waals surface area contributed by atoms with Crippen molar-refractivity contribution in [3.05, 3.63) is 66.2 Å². The number of aliphatic hydroxyl groups excluding tert-OH is 1. The number of β-amino-alcohol motifs (C(OH)–C–C–N with tert-alkyl or cyclic N) is 1. The molecule has 1 heterocycles. The van der Waals surface area contributed by atoms with E-state index in [9.17, 15) is 9.90 Å². The number of para-hydroxylation sites is 1. The summed E-state index contributed by atoms with van der Waals surface area (Å²) in [6.45, 7) is 4.89. The van der Waals surface area contributed by atoms with Crippen LogP contribution in [0.25, 0.3) is 0 Å². The zero-order valence-corrected chi connectivity index (χ0v) is 16.4. The van der Waals surface area contributed by atoms with Crippen LogP contribution in [0.5, 0.6) is 5.75 Å². The Morgan fingerprint density at radius 1 is 0.929 bits per heavy atom. The van der Waals surface area contributed by atoms with Gasteiger partial charge in [-0.1, -0.05) is 48.5 Å². The molecule has 1 N–H and O–H groups in total. The third-order valence-electron chi connectivity index (χ3n) is 5.05. The zero-order valence-electron chi connectivity index (χ0n) is 16.4. The molecule has 1 aliphatic rings. The van der Waals surface area contributed by atoms with Gasteiger partial charge in [-0.3, -0.25) is 14.6 Å². The molecule has 3 rings (SSSR count). The van der Waals surface area contributed by atoms with Gasteiger partial charge in [0.2, 0.25) is 0 Å². The largest absolute Gasteiger partial charge is 0.491 e. The van der Waals surface area contributed by atoms with Crippen molar-refractivity contribution in [1.29, 1.82) is 0 Å². The number of nitrogens with zero attached hydrogens (tertiary/aromatic N) is 2. The molecule has 0 amide bonds. The van der Waals surface area contributed by atoms with Crippen LogP contribution < -0.4 is 4.74 Å². The molecule has 0 aromatic heterocycles. The van der Waals surface area contributed by atoms with Gasteiger partial charge in [0.05, 0.1) is 6.54 Å². The minimum absolute atomic E-state index is 0.294. The second-order valence-corrected chi connectivity index (χ2v) is 7.38. The minimum atomic E-state index is -0.515. The van der Waals surface area contributed by atoms with Gasteiger partial charge in [0.1, 0.15) is 24.2 Å². The number of carbonyl (C=O) groups is 1. The molecule has 28 heavy (non-hydrogen) atoms. The van der Waals surface area contributed by atoms with Gasteiger partial charge in [0, 0.05) is 39.1 Å². The molecule has 1 aliphatic heterocycles. The highest BCUT2D eigenvalue weighted by atomic mass is 16.5. The number of aliphatic hydroxyl groups is 1. The summed E-state index contributed by atoms with van der Waals surface area (Å²) < 4.78 is 5.61. The predicted octanol–water partition coefficient (Wildman–Crippen LogP) is 2.25. The number of rotatable bonds is 10. The average molecular weight is 383 g/mol. The van der Waals surface area contributed by atoms with Crippen molar-refractivity contribution in [3.63, 3.8) is 0 Å². The predicted molar refractivity (Wildman–Crippen MR) is 111 cm³/mol. The summed E-state index contributed by atoms with van der Waals surface area (Å²) in [6, 6.07) is 19.7. The first kappa shape index (κ1) is 20.5. The summed E-state index contributed by atoms with van der Waals surface area (Å²) in [6.07, 6.45) is 0.895. The highest BCUT2D eigenvalue weighted by molar-refractivity contribution is 5.80. The molecule has 0 bridgehead atoms. The van der Waals surface area contributed by atoms with Crippen molar-refractivity contribution in [2.24, 2.45) is 0 Å². The highest BCUT2D eigenvalue weighted by Gasteiger charge is 2.21. The molecule has 2 aromatic carbocycles. The molecule has 2 aromatic rings. The summed E-state index contributed by atoms with van der Waals surface area (Å²) in [5.74, 6) is 1.08. The molecule has 1 fully saturated rings. The van der Waals surface area contributed by atoms with E-state index in [1.807, 2.05) is 48.5 Å². The number of Topliss-reactive ketones (excluding diaryl/α,β-unsaturated/α-hetero) is 1. The van der Waals surface area contributed by atoms with Crippen LogP contribution >= 0.6 is 0 Å². The molecular formula is C23H30N2O3. The number of ketones is 1. The Labute approximate surface area is 167 Å². The van der Waals surface area contributed by atoms with Crippen molar-refractivity contribution < 1.29 is 14.6 Å². The van der Waals surface area contributed by atoms with E-state index in [1.165, 1.54) is 5.56 Å². The molecule has 5 nitrogen and oxygen atoms in total. The first-order chi connectivity index (χ1) is 13.7. The van der Waals surface area contributed by atoms with Gasteiger partial charge in [0.15, 0.2) is 0 Å². The van der Waals surface area contributed by atoms with Crippen molar-refractivity contribution in [2.75, 3.05) is 45.9 Å². The molecule has 150 valence electrons. The number of hydrogen-bond acceptors (Lipinski definition) is 5. The van der Waals surface area contributed by atoms with Crippen LogP contribution in [0.4, 0.5) is 0 Å². The monoisotopic (exact) mass is 382 g/mol. The second kappa shape index (κ2) is 11.0. The first-order valence-electron chi connectivity index (χ1n) is 10.1. The maximum Gasteiger partial charge on any atom is 0.147 e. The van der Waals surface area contributed by atoms with Gasteiger partial charge in [0.25, 0.3) is 0 Å². The summed E-state index contributed by atoms with van der Waals surface area (Å²) in [7, 11) is 0. The van der Waals surface area contributed by atoms with Crippen LogP contribution in [-0.4, -0.2) is 72.7 Å². The Balaban J connectivity index is 1.30. The van der Waals surface area contributed by atoms with E-state index >= 15 is 0 Å². The summed E-state index contributed by atoms with van der Waals surface area (Å²) >= 11 is 0. The minimum Gasteiger partial charge on any atom is -0.491 e. The topological polar surface area (TPSA) is 53.0 Å². The van der Waals surface area contributed by atoms with Crippen LogP contribution in [0.1, 0.15) is 12.0 Å². The molecular weight excluding hydrogens is 352 g/mol. The quantitative estimate of drug-likeness (QED) is 0.683. The van der Waals surface area contributed by atoms with Crippen molar-refractivity contribution in [3.8, 4) is 5.75 Å². The lowest BCUT2D eigenvalue weighted by atomic mass is 10.1. The Morgan fingerprint density at radius 3 is 2.21 bits per heavy atom. The fourth-order valence-electron chi connectivity index (χ4n) is 3.45. The standard InChI is InChI=1S/C23H30N2O3/c26-21(12-11-20-7-3-1-4-8-20)17-24-13-15-25(16-14-24)18-22(27)19-28-23-9-5-2-6-10-23/h1-10,22,27H,11-19H2/t22-/m1/s1. The van der Waals surface area contributed by atoms with Crippen LogP contribution in [0.2, 0.25) is 0 Å². The Hall–Kier alpha value is -2.21. The van der Waals surface area contributed by atoms with E-state index in [0.29, 0.717) is 31.9 Å². The van der Waals surface area contributed by atoms with Gasteiger partial charge < -0.3 is 9.84 Å². The van der Waals surface area contributed by atoms with Crippen LogP contribution in [0.15, 0.2) is 60.7 Å². The maximum absolute atomic E-state index is 12.3.